The summed E-state index contributed by atoms with van der Waals surface area (Å²) in [7, 11) is 1.52. The van der Waals surface area contributed by atoms with E-state index in [1.807, 2.05) is 25.1 Å². The van der Waals surface area contributed by atoms with Gasteiger partial charge in [0.1, 0.15) is 5.75 Å². The predicted molar refractivity (Wildman–Crippen MR) is 84.8 cm³/mol. The zero-order valence-electron chi connectivity index (χ0n) is 11.0. The second-order valence-electron chi connectivity index (χ2n) is 4.26. The Labute approximate surface area is 131 Å². The highest BCUT2D eigenvalue weighted by Crippen LogP contribution is 2.25. The first-order valence-electron chi connectivity index (χ1n) is 5.92. The van der Waals surface area contributed by atoms with Crippen molar-refractivity contribution in [3.63, 3.8) is 0 Å². The standard InChI is InChI=1S/C15H13BrClNO2/c1-9-7-10(16)3-5-13(9)18-15(19)12-8-11(17)4-6-14(12)20-2/h3-8H,1-2H3,(H,18,19). The molecule has 2 rings (SSSR count). The average Bonchev–Trinajstić information content (AvgIpc) is 2.41. The van der Waals surface area contributed by atoms with Crippen molar-refractivity contribution >= 4 is 39.1 Å². The summed E-state index contributed by atoms with van der Waals surface area (Å²) < 4.78 is 6.15. The molecule has 0 atom stereocenters. The van der Waals surface area contributed by atoms with Crippen LogP contribution >= 0.6 is 27.5 Å². The molecule has 5 heteroatoms. The van der Waals surface area contributed by atoms with Crippen LogP contribution in [0.5, 0.6) is 5.75 Å². The van der Waals surface area contributed by atoms with Crippen molar-refractivity contribution in [1.82, 2.24) is 0 Å². The molecule has 0 aliphatic rings. The van der Waals surface area contributed by atoms with Crippen molar-refractivity contribution in [1.29, 1.82) is 0 Å². The van der Waals surface area contributed by atoms with E-state index >= 15 is 0 Å². The predicted octanol–water partition coefficient (Wildman–Crippen LogP) is 4.67. The molecule has 104 valence electrons. The summed E-state index contributed by atoms with van der Waals surface area (Å²) >= 11 is 9.32. The lowest BCUT2D eigenvalue weighted by Crippen LogP contribution is -2.14. The molecule has 3 nitrogen and oxygen atoms in total. The van der Waals surface area contributed by atoms with E-state index in [1.54, 1.807) is 18.2 Å². The summed E-state index contributed by atoms with van der Waals surface area (Å²) in [6.45, 7) is 1.93. The fourth-order valence-corrected chi connectivity index (χ4v) is 2.46. The first-order chi connectivity index (χ1) is 9.51. The lowest BCUT2D eigenvalue weighted by Gasteiger charge is -2.11. The zero-order chi connectivity index (χ0) is 14.7. The van der Waals surface area contributed by atoms with E-state index in [-0.39, 0.29) is 5.91 Å². The number of carbonyl (C=O) groups is 1. The minimum atomic E-state index is -0.255. The average molecular weight is 355 g/mol. The molecule has 0 aliphatic carbocycles. The molecule has 0 radical (unpaired) electrons. The number of methoxy groups -OCH3 is 1. The van der Waals surface area contributed by atoms with Crippen molar-refractivity contribution in [2.24, 2.45) is 0 Å². The van der Waals surface area contributed by atoms with Crippen LogP contribution in [-0.4, -0.2) is 13.0 Å². The van der Waals surface area contributed by atoms with E-state index in [4.69, 9.17) is 16.3 Å². The normalized spacial score (nSPS) is 10.2. The van der Waals surface area contributed by atoms with Crippen molar-refractivity contribution in [3.05, 3.63) is 57.0 Å². The molecule has 2 aromatic carbocycles. The third-order valence-corrected chi connectivity index (χ3v) is 3.57. The highest BCUT2D eigenvalue weighted by molar-refractivity contribution is 9.10. The fourth-order valence-electron chi connectivity index (χ4n) is 1.81. The number of amides is 1. The lowest BCUT2D eigenvalue weighted by molar-refractivity contribution is 0.102. The maximum Gasteiger partial charge on any atom is 0.259 e. The van der Waals surface area contributed by atoms with E-state index in [9.17, 15) is 4.79 Å². The third kappa shape index (κ3) is 3.32. The molecular formula is C15H13BrClNO2. The van der Waals surface area contributed by atoms with Gasteiger partial charge in [0.25, 0.3) is 5.91 Å². The summed E-state index contributed by atoms with van der Waals surface area (Å²) in [5, 5.41) is 3.35. The lowest BCUT2D eigenvalue weighted by atomic mass is 10.1. The van der Waals surface area contributed by atoms with Gasteiger partial charge in [0.15, 0.2) is 0 Å². The quantitative estimate of drug-likeness (QED) is 0.869. The van der Waals surface area contributed by atoms with E-state index in [0.717, 1.165) is 15.7 Å². The maximum absolute atomic E-state index is 12.3. The number of nitrogens with one attached hydrogen (secondary N) is 1. The largest absolute Gasteiger partial charge is 0.496 e. The minimum Gasteiger partial charge on any atom is -0.496 e. The van der Waals surface area contributed by atoms with Gasteiger partial charge in [0.05, 0.1) is 12.7 Å². The molecule has 0 aliphatic heterocycles. The molecule has 20 heavy (non-hydrogen) atoms. The summed E-state index contributed by atoms with van der Waals surface area (Å²) in [6, 6.07) is 10.6. The van der Waals surface area contributed by atoms with Crippen LogP contribution in [0.2, 0.25) is 5.02 Å². The first-order valence-corrected chi connectivity index (χ1v) is 7.09. The number of hydrogen-bond donors (Lipinski definition) is 1. The molecule has 1 N–H and O–H groups in total. The number of halogens is 2. The van der Waals surface area contributed by atoms with Gasteiger partial charge >= 0.3 is 0 Å². The second-order valence-corrected chi connectivity index (χ2v) is 5.61. The van der Waals surface area contributed by atoms with Crippen molar-refractivity contribution in [2.45, 2.75) is 6.92 Å². The van der Waals surface area contributed by atoms with Gasteiger partial charge in [-0.2, -0.15) is 0 Å². The van der Waals surface area contributed by atoms with Gasteiger partial charge in [-0.1, -0.05) is 27.5 Å². The van der Waals surface area contributed by atoms with Crippen molar-refractivity contribution < 1.29 is 9.53 Å². The van der Waals surface area contributed by atoms with Crippen LogP contribution in [-0.2, 0) is 0 Å². The van der Waals surface area contributed by atoms with Gasteiger partial charge in [0, 0.05) is 15.2 Å². The number of ether oxygens (including phenoxy) is 1. The van der Waals surface area contributed by atoms with Crippen LogP contribution in [0.15, 0.2) is 40.9 Å². The highest BCUT2D eigenvalue weighted by Gasteiger charge is 2.14. The molecule has 0 fully saturated rings. The van der Waals surface area contributed by atoms with E-state index in [1.165, 1.54) is 7.11 Å². The molecule has 0 spiro atoms. The molecule has 1 amide bonds. The zero-order valence-corrected chi connectivity index (χ0v) is 13.4. The Morgan fingerprint density at radius 1 is 1.25 bits per heavy atom. The van der Waals surface area contributed by atoms with E-state index in [2.05, 4.69) is 21.2 Å². The number of carbonyl (C=O) groups excluding carboxylic acids is 1. The van der Waals surface area contributed by atoms with Crippen LogP contribution in [0, 0.1) is 6.92 Å². The van der Waals surface area contributed by atoms with E-state index < -0.39 is 0 Å². The minimum absolute atomic E-state index is 0.255. The molecule has 0 aromatic heterocycles. The van der Waals surface area contributed by atoms with Crippen LogP contribution in [0.25, 0.3) is 0 Å². The number of rotatable bonds is 3. The third-order valence-electron chi connectivity index (χ3n) is 2.84. The Kier molecular flexibility index (Phi) is 4.68. The van der Waals surface area contributed by atoms with Crippen LogP contribution in [0.3, 0.4) is 0 Å². The van der Waals surface area contributed by atoms with Gasteiger partial charge < -0.3 is 10.1 Å². The number of hydrogen-bond acceptors (Lipinski definition) is 2. The summed E-state index contributed by atoms with van der Waals surface area (Å²) in [5.74, 6) is 0.233. The number of anilines is 1. The smallest absolute Gasteiger partial charge is 0.259 e. The van der Waals surface area contributed by atoms with Gasteiger partial charge in [0.2, 0.25) is 0 Å². The Balaban J connectivity index is 2.30. The van der Waals surface area contributed by atoms with Gasteiger partial charge in [-0.05, 0) is 48.9 Å². The monoisotopic (exact) mass is 353 g/mol. The van der Waals surface area contributed by atoms with Crippen LogP contribution in [0.1, 0.15) is 15.9 Å². The molecule has 0 bridgehead atoms. The van der Waals surface area contributed by atoms with Gasteiger partial charge in [-0.25, -0.2) is 0 Å². The maximum atomic E-state index is 12.3. The Morgan fingerprint density at radius 2 is 2.00 bits per heavy atom. The second kappa shape index (κ2) is 6.29. The number of aryl methyl sites for hydroxylation is 1. The SMILES string of the molecule is COc1ccc(Cl)cc1C(=O)Nc1ccc(Br)cc1C. The fraction of sp³-hybridized carbons (Fsp3) is 0.133. The summed E-state index contributed by atoms with van der Waals surface area (Å²) in [5.41, 5.74) is 2.12. The Morgan fingerprint density at radius 3 is 2.65 bits per heavy atom. The molecule has 0 unspecified atom stereocenters. The summed E-state index contributed by atoms with van der Waals surface area (Å²) in [6.07, 6.45) is 0. The van der Waals surface area contributed by atoms with Crippen LogP contribution < -0.4 is 10.1 Å². The molecule has 2 aromatic rings. The number of benzene rings is 2. The highest BCUT2D eigenvalue weighted by atomic mass is 79.9. The van der Waals surface area contributed by atoms with Gasteiger partial charge in [-0.15, -0.1) is 0 Å². The molecule has 0 heterocycles. The molecule has 0 saturated heterocycles. The van der Waals surface area contributed by atoms with Crippen molar-refractivity contribution in [2.75, 3.05) is 12.4 Å². The van der Waals surface area contributed by atoms with Gasteiger partial charge in [-0.3, -0.25) is 4.79 Å². The van der Waals surface area contributed by atoms with E-state index in [0.29, 0.717) is 16.3 Å². The molecular weight excluding hydrogens is 342 g/mol. The Bertz CT molecular complexity index is 658. The first kappa shape index (κ1) is 14.9. The Hall–Kier alpha value is -1.52. The molecule has 0 saturated carbocycles. The topological polar surface area (TPSA) is 38.3 Å². The van der Waals surface area contributed by atoms with Crippen molar-refractivity contribution in [3.8, 4) is 5.75 Å². The van der Waals surface area contributed by atoms with Crippen LogP contribution in [0.4, 0.5) is 5.69 Å². The summed E-state index contributed by atoms with van der Waals surface area (Å²) in [4.78, 5) is 12.3.